The van der Waals surface area contributed by atoms with E-state index >= 15 is 0 Å². The number of carbonyl (C=O) groups excluding carboxylic acids is 1. The van der Waals surface area contributed by atoms with Crippen molar-refractivity contribution in [1.82, 2.24) is 9.80 Å². The van der Waals surface area contributed by atoms with Crippen molar-refractivity contribution in [3.8, 4) is 0 Å². The van der Waals surface area contributed by atoms with Crippen molar-refractivity contribution in [3.63, 3.8) is 0 Å². The van der Waals surface area contributed by atoms with Crippen LogP contribution >= 0.6 is 0 Å². The number of aliphatic carboxylic acids is 1. The number of piperazine rings is 1. The van der Waals surface area contributed by atoms with Gasteiger partial charge in [-0.2, -0.15) is 0 Å². The minimum Gasteiger partial charge on any atom is -0.480 e. The third-order valence-corrected chi connectivity index (χ3v) is 4.48. The summed E-state index contributed by atoms with van der Waals surface area (Å²) in [4.78, 5) is 27.0. The Labute approximate surface area is 119 Å². The molecule has 3 N–H and O–H groups in total. The molecule has 1 saturated heterocycles. The Hall–Kier alpha value is -1.14. The maximum atomic E-state index is 12.6. The molecule has 1 heterocycles. The van der Waals surface area contributed by atoms with Crippen molar-refractivity contribution < 1.29 is 14.7 Å². The van der Waals surface area contributed by atoms with Gasteiger partial charge in [0.05, 0.1) is 12.1 Å². The van der Waals surface area contributed by atoms with Gasteiger partial charge in [0.2, 0.25) is 5.91 Å². The molecule has 0 radical (unpaired) electrons. The third-order valence-electron chi connectivity index (χ3n) is 4.48. The van der Waals surface area contributed by atoms with E-state index in [9.17, 15) is 9.59 Å². The zero-order valence-corrected chi connectivity index (χ0v) is 12.2. The molecule has 0 aromatic rings. The smallest absolute Gasteiger partial charge is 0.317 e. The maximum Gasteiger partial charge on any atom is 0.317 e. The number of amides is 1. The number of carboxylic acids is 1. The van der Waals surface area contributed by atoms with Gasteiger partial charge in [-0.3, -0.25) is 14.5 Å². The Morgan fingerprint density at radius 2 is 1.95 bits per heavy atom. The third kappa shape index (κ3) is 3.49. The average molecular weight is 283 g/mol. The maximum absolute atomic E-state index is 12.6. The van der Waals surface area contributed by atoms with Crippen LogP contribution in [-0.4, -0.2) is 65.0 Å². The van der Waals surface area contributed by atoms with Gasteiger partial charge in [-0.1, -0.05) is 19.8 Å². The number of nitrogens with two attached hydrogens (primary N) is 1. The summed E-state index contributed by atoms with van der Waals surface area (Å²) in [5.74, 6) is -0.258. The van der Waals surface area contributed by atoms with E-state index in [1.807, 2.05) is 9.80 Å². The van der Waals surface area contributed by atoms with Gasteiger partial charge in [-0.25, -0.2) is 0 Å². The molecule has 2 aliphatic rings. The number of hydrogen-bond acceptors (Lipinski definition) is 4. The van der Waals surface area contributed by atoms with Gasteiger partial charge < -0.3 is 15.7 Å². The average Bonchev–Trinajstić information content (AvgIpc) is 2.38. The van der Waals surface area contributed by atoms with E-state index in [4.69, 9.17) is 10.8 Å². The minimum absolute atomic E-state index is 0.0484. The lowest BCUT2D eigenvalue weighted by molar-refractivity contribution is -0.142. The molecule has 2 unspecified atom stereocenters. The molecule has 1 aliphatic carbocycles. The summed E-state index contributed by atoms with van der Waals surface area (Å²) in [7, 11) is 0. The van der Waals surface area contributed by atoms with Crippen molar-refractivity contribution in [3.05, 3.63) is 0 Å². The van der Waals surface area contributed by atoms with Crippen LogP contribution < -0.4 is 5.73 Å². The Morgan fingerprint density at radius 3 is 2.50 bits per heavy atom. The first-order valence-corrected chi connectivity index (χ1v) is 7.43. The Morgan fingerprint density at radius 1 is 1.30 bits per heavy atom. The summed E-state index contributed by atoms with van der Waals surface area (Å²) in [6.07, 6.45) is 3.70. The summed E-state index contributed by atoms with van der Waals surface area (Å²) in [6, 6.07) is 0. The first kappa shape index (κ1) is 15.3. The zero-order valence-electron chi connectivity index (χ0n) is 12.2. The summed E-state index contributed by atoms with van der Waals surface area (Å²) in [6.45, 7) is 4.60. The molecular weight excluding hydrogens is 258 g/mol. The quantitative estimate of drug-likeness (QED) is 0.768. The van der Waals surface area contributed by atoms with Gasteiger partial charge in [0, 0.05) is 26.2 Å². The predicted octanol–water partition coefficient (Wildman–Crippen LogP) is 0.123. The molecule has 1 amide bonds. The highest BCUT2D eigenvalue weighted by atomic mass is 16.4. The van der Waals surface area contributed by atoms with Gasteiger partial charge in [-0.15, -0.1) is 0 Å². The summed E-state index contributed by atoms with van der Waals surface area (Å²) < 4.78 is 0. The van der Waals surface area contributed by atoms with Gasteiger partial charge in [0.25, 0.3) is 0 Å². The van der Waals surface area contributed by atoms with Crippen LogP contribution in [0.25, 0.3) is 0 Å². The molecule has 2 fully saturated rings. The lowest BCUT2D eigenvalue weighted by atomic mass is 9.76. The fourth-order valence-corrected chi connectivity index (χ4v) is 3.40. The van der Waals surface area contributed by atoms with Gasteiger partial charge in [0.1, 0.15) is 0 Å². The Bertz CT molecular complexity index is 380. The number of rotatable bonds is 3. The largest absolute Gasteiger partial charge is 0.480 e. The van der Waals surface area contributed by atoms with E-state index < -0.39 is 11.5 Å². The number of carbonyl (C=O) groups is 2. The van der Waals surface area contributed by atoms with E-state index in [-0.39, 0.29) is 12.5 Å². The van der Waals surface area contributed by atoms with Crippen molar-refractivity contribution in [1.29, 1.82) is 0 Å². The SMILES string of the molecule is CC1CCCC(N)(C(=O)N2CCN(CC(=O)O)CC2)C1. The summed E-state index contributed by atoms with van der Waals surface area (Å²) in [5, 5.41) is 8.77. The molecule has 2 rings (SSSR count). The first-order chi connectivity index (χ1) is 9.40. The minimum atomic E-state index is -0.818. The van der Waals surface area contributed by atoms with Crippen LogP contribution in [0.1, 0.15) is 32.6 Å². The Balaban J connectivity index is 1.89. The molecule has 1 aliphatic heterocycles. The highest BCUT2D eigenvalue weighted by Gasteiger charge is 2.41. The molecule has 6 nitrogen and oxygen atoms in total. The molecule has 6 heteroatoms. The van der Waals surface area contributed by atoms with Gasteiger partial charge in [0.15, 0.2) is 0 Å². The molecule has 20 heavy (non-hydrogen) atoms. The van der Waals surface area contributed by atoms with Crippen molar-refractivity contribution in [2.75, 3.05) is 32.7 Å². The van der Waals surface area contributed by atoms with E-state index in [1.165, 1.54) is 0 Å². The van der Waals surface area contributed by atoms with E-state index in [0.29, 0.717) is 32.1 Å². The highest BCUT2D eigenvalue weighted by Crippen LogP contribution is 2.32. The molecule has 0 spiro atoms. The van der Waals surface area contributed by atoms with Crippen LogP contribution in [-0.2, 0) is 9.59 Å². The fourth-order valence-electron chi connectivity index (χ4n) is 3.40. The highest BCUT2D eigenvalue weighted by molar-refractivity contribution is 5.86. The van der Waals surface area contributed by atoms with E-state index in [1.54, 1.807) is 0 Å². The van der Waals surface area contributed by atoms with E-state index in [0.717, 1.165) is 25.7 Å². The fraction of sp³-hybridized carbons (Fsp3) is 0.857. The summed E-state index contributed by atoms with van der Waals surface area (Å²) >= 11 is 0. The number of carboxylic acid groups (broad SMARTS) is 1. The number of hydrogen-bond donors (Lipinski definition) is 2. The second-order valence-electron chi connectivity index (χ2n) is 6.32. The molecule has 0 aromatic carbocycles. The van der Waals surface area contributed by atoms with Crippen LogP contribution in [0.15, 0.2) is 0 Å². The molecular formula is C14H25N3O3. The van der Waals surface area contributed by atoms with Gasteiger partial charge >= 0.3 is 5.97 Å². The standard InChI is InChI=1S/C14H25N3O3/c1-11-3-2-4-14(15,9-11)13(20)17-7-5-16(6-8-17)10-12(18)19/h11H,2-10,15H2,1H3,(H,18,19). The second kappa shape index (κ2) is 6.10. The van der Waals surface area contributed by atoms with Crippen LogP contribution in [0.2, 0.25) is 0 Å². The van der Waals surface area contributed by atoms with Crippen LogP contribution in [0.4, 0.5) is 0 Å². The topological polar surface area (TPSA) is 86.9 Å². The molecule has 114 valence electrons. The van der Waals surface area contributed by atoms with Crippen molar-refractivity contribution in [2.45, 2.75) is 38.1 Å². The second-order valence-corrected chi connectivity index (χ2v) is 6.32. The molecule has 0 bridgehead atoms. The van der Waals surface area contributed by atoms with Crippen LogP contribution in [0, 0.1) is 5.92 Å². The number of nitrogens with zero attached hydrogens (tertiary/aromatic N) is 2. The van der Waals surface area contributed by atoms with Gasteiger partial charge in [-0.05, 0) is 18.8 Å². The monoisotopic (exact) mass is 283 g/mol. The normalized spacial score (nSPS) is 32.1. The van der Waals surface area contributed by atoms with Crippen molar-refractivity contribution in [2.24, 2.45) is 11.7 Å². The van der Waals surface area contributed by atoms with Crippen LogP contribution in [0.5, 0.6) is 0 Å². The lowest BCUT2D eigenvalue weighted by Crippen LogP contribution is -2.61. The zero-order chi connectivity index (χ0) is 14.8. The van der Waals surface area contributed by atoms with Crippen molar-refractivity contribution >= 4 is 11.9 Å². The predicted molar refractivity (Wildman–Crippen MR) is 75.2 cm³/mol. The molecule has 0 aromatic heterocycles. The Kier molecular flexibility index (Phi) is 4.65. The lowest BCUT2D eigenvalue weighted by Gasteiger charge is -2.42. The summed E-state index contributed by atoms with van der Waals surface area (Å²) in [5.41, 5.74) is 5.64. The van der Waals surface area contributed by atoms with E-state index in [2.05, 4.69) is 6.92 Å². The first-order valence-electron chi connectivity index (χ1n) is 7.43. The molecule has 2 atom stereocenters. The van der Waals surface area contributed by atoms with Crippen LogP contribution in [0.3, 0.4) is 0 Å². The molecule has 1 saturated carbocycles.